The summed E-state index contributed by atoms with van der Waals surface area (Å²) in [5.41, 5.74) is 0.253. The molecule has 0 atom stereocenters. The van der Waals surface area contributed by atoms with Crippen molar-refractivity contribution in [1.29, 1.82) is 0 Å². The van der Waals surface area contributed by atoms with Gasteiger partial charge in [0.1, 0.15) is 5.15 Å². The topological polar surface area (TPSA) is 68.3 Å². The number of carbonyl (C=O) groups excluding carboxylic acids is 2. The lowest BCUT2D eigenvalue weighted by atomic mass is 10.3. The molecule has 0 aliphatic rings. The van der Waals surface area contributed by atoms with Crippen molar-refractivity contribution in [2.45, 2.75) is 0 Å². The molecule has 0 aliphatic heterocycles. The van der Waals surface area contributed by atoms with Gasteiger partial charge in [0, 0.05) is 13.2 Å². The standard InChI is InChI=1S/C9H9ClN2O3/c1-11-8(13)5-15-9(14)6-2-3-7(10)12-4-6/h2-4H,5H2,1H3,(H,11,13). The molecule has 0 bridgehead atoms. The largest absolute Gasteiger partial charge is 0.452 e. The predicted octanol–water partition coefficient (Wildman–Crippen LogP) is 0.638. The molecule has 1 amide bonds. The molecular formula is C9H9ClN2O3. The number of halogens is 1. The van der Waals surface area contributed by atoms with Crippen LogP contribution in [0.4, 0.5) is 0 Å². The van der Waals surface area contributed by atoms with Crippen LogP contribution in [0.5, 0.6) is 0 Å². The molecule has 0 spiro atoms. The van der Waals surface area contributed by atoms with Crippen molar-refractivity contribution in [3.63, 3.8) is 0 Å². The summed E-state index contributed by atoms with van der Waals surface area (Å²) in [4.78, 5) is 25.8. The first kappa shape index (κ1) is 11.5. The molecule has 0 saturated carbocycles. The van der Waals surface area contributed by atoms with Gasteiger partial charge in [-0.2, -0.15) is 0 Å². The van der Waals surface area contributed by atoms with Crippen LogP contribution in [0.25, 0.3) is 0 Å². The summed E-state index contributed by atoms with van der Waals surface area (Å²) in [7, 11) is 1.46. The summed E-state index contributed by atoms with van der Waals surface area (Å²) < 4.78 is 4.69. The number of hydrogen-bond acceptors (Lipinski definition) is 4. The van der Waals surface area contributed by atoms with Crippen LogP contribution in [0, 0.1) is 0 Å². The van der Waals surface area contributed by atoms with Gasteiger partial charge in [0.2, 0.25) is 0 Å². The van der Waals surface area contributed by atoms with Crippen molar-refractivity contribution in [1.82, 2.24) is 10.3 Å². The first-order chi connectivity index (χ1) is 7.13. The second-order valence-corrected chi connectivity index (χ2v) is 3.01. The van der Waals surface area contributed by atoms with E-state index in [1.807, 2.05) is 0 Å². The van der Waals surface area contributed by atoms with Gasteiger partial charge >= 0.3 is 5.97 Å². The van der Waals surface area contributed by atoms with Gasteiger partial charge in [-0.1, -0.05) is 11.6 Å². The molecule has 0 unspecified atom stereocenters. The molecule has 0 fully saturated rings. The van der Waals surface area contributed by atoms with Crippen molar-refractivity contribution in [3.05, 3.63) is 29.0 Å². The van der Waals surface area contributed by atoms with Gasteiger partial charge in [0.15, 0.2) is 6.61 Å². The zero-order valence-electron chi connectivity index (χ0n) is 7.99. The summed E-state index contributed by atoms with van der Waals surface area (Å²) in [6.45, 7) is -0.308. The highest BCUT2D eigenvalue weighted by atomic mass is 35.5. The van der Waals surface area contributed by atoms with E-state index in [-0.39, 0.29) is 23.2 Å². The Morgan fingerprint density at radius 3 is 2.80 bits per heavy atom. The smallest absolute Gasteiger partial charge is 0.340 e. The molecule has 1 aromatic rings. The van der Waals surface area contributed by atoms with E-state index < -0.39 is 5.97 Å². The fourth-order valence-electron chi connectivity index (χ4n) is 0.783. The average molecular weight is 229 g/mol. The van der Waals surface area contributed by atoms with Gasteiger partial charge in [-0.25, -0.2) is 9.78 Å². The number of ether oxygens (including phenoxy) is 1. The number of rotatable bonds is 3. The quantitative estimate of drug-likeness (QED) is 0.609. The first-order valence-corrected chi connectivity index (χ1v) is 4.50. The summed E-state index contributed by atoms with van der Waals surface area (Å²) in [5, 5.41) is 2.62. The molecule has 5 nitrogen and oxygen atoms in total. The molecule has 1 rings (SSSR count). The van der Waals surface area contributed by atoms with E-state index in [4.69, 9.17) is 11.6 Å². The van der Waals surface area contributed by atoms with Crippen molar-refractivity contribution in [3.8, 4) is 0 Å². The molecule has 0 aromatic carbocycles. The van der Waals surface area contributed by atoms with Crippen molar-refractivity contribution < 1.29 is 14.3 Å². The Balaban J connectivity index is 2.54. The molecule has 15 heavy (non-hydrogen) atoms. The van der Waals surface area contributed by atoms with Crippen molar-refractivity contribution >= 4 is 23.5 Å². The van der Waals surface area contributed by atoms with Gasteiger partial charge in [-0.3, -0.25) is 4.79 Å². The second-order valence-electron chi connectivity index (χ2n) is 2.62. The van der Waals surface area contributed by atoms with E-state index in [1.165, 1.54) is 25.4 Å². The maximum atomic E-state index is 11.3. The van der Waals surface area contributed by atoms with Gasteiger partial charge < -0.3 is 10.1 Å². The number of nitrogens with zero attached hydrogens (tertiary/aromatic N) is 1. The molecule has 1 aromatic heterocycles. The number of pyridine rings is 1. The minimum atomic E-state index is -0.609. The number of aromatic nitrogens is 1. The first-order valence-electron chi connectivity index (χ1n) is 4.12. The van der Waals surface area contributed by atoms with Crippen LogP contribution in [-0.2, 0) is 9.53 Å². The summed E-state index contributed by atoms with van der Waals surface area (Å²) in [6, 6.07) is 2.94. The highest BCUT2D eigenvalue weighted by Gasteiger charge is 2.09. The zero-order valence-corrected chi connectivity index (χ0v) is 8.75. The number of carbonyl (C=O) groups is 2. The Kier molecular flexibility index (Phi) is 4.05. The van der Waals surface area contributed by atoms with Crippen LogP contribution in [0.2, 0.25) is 5.15 Å². The molecule has 1 N–H and O–H groups in total. The molecule has 80 valence electrons. The monoisotopic (exact) mass is 228 g/mol. The number of likely N-dealkylation sites (N-methyl/N-ethyl adjacent to an activating group) is 1. The van der Waals surface area contributed by atoms with E-state index >= 15 is 0 Å². The van der Waals surface area contributed by atoms with Crippen LogP contribution in [0.3, 0.4) is 0 Å². The minimum absolute atomic E-state index is 0.253. The molecule has 0 aliphatic carbocycles. The zero-order chi connectivity index (χ0) is 11.3. The fourth-order valence-corrected chi connectivity index (χ4v) is 0.895. The maximum Gasteiger partial charge on any atom is 0.340 e. The van der Waals surface area contributed by atoms with Crippen LogP contribution >= 0.6 is 11.6 Å². The van der Waals surface area contributed by atoms with Crippen LogP contribution in [0.15, 0.2) is 18.3 Å². The third-order valence-corrected chi connectivity index (χ3v) is 1.80. The highest BCUT2D eigenvalue weighted by Crippen LogP contribution is 2.06. The Hall–Kier alpha value is -1.62. The van der Waals surface area contributed by atoms with Crippen LogP contribution in [0.1, 0.15) is 10.4 Å². The molecular weight excluding hydrogens is 220 g/mol. The third-order valence-electron chi connectivity index (χ3n) is 1.58. The van der Waals surface area contributed by atoms with Crippen molar-refractivity contribution in [2.75, 3.05) is 13.7 Å². The lowest BCUT2D eigenvalue weighted by Crippen LogP contribution is -2.25. The molecule has 6 heteroatoms. The summed E-state index contributed by atoms with van der Waals surface area (Å²) >= 11 is 5.54. The normalized spacial score (nSPS) is 9.47. The van der Waals surface area contributed by atoms with E-state index in [2.05, 4.69) is 15.0 Å². The lowest BCUT2D eigenvalue weighted by molar-refractivity contribution is -0.123. The van der Waals surface area contributed by atoms with Gasteiger partial charge in [0.25, 0.3) is 5.91 Å². The minimum Gasteiger partial charge on any atom is -0.452 e. The van der Waals surface area contributed by atoms with E-state index in [0.717, 1.165) is 0 Å². The van der Waals surface area contributed by atoms with E-state index in [1.54, 1.807) is 0 Å². The number of esters is 1. The second kappa shape index (κ2) is 5.31. The Labute approximate surface area is 91.4 Å². The van der Waals surface area contributed by atoms with Gasteiger partial charge in [-0.15, -0.1) is 0 Å². The Morgan fingerprint density at radius 1 is 1.53 bits per heavy atom. The Morgan fingerprint density at radius 2 is 2.27 bits per heavy atom. The number of hydrogen-bond donors (Lipinski definition) is 1. The molecule has 0 saturated heterocycles. The van der Waals surface area contributed by atoms with Crippen LogP contribution < -0.4 is 5.32 Å². The highest BCUT2D eigenvalue weighted by molar-refractivity contribution is 6.29. The SMILES string of the molecule is CNC(=O)COC(=O)c1ccc(Cl)nc1. The Bertz CT molecular complexity index is 364. The van der Waals surface area contributed by atoms with E-state index in [9.17, 15) is 9.59 Å². The molecule has 1 heterocycles. The molecule has 0 radical (unpaired) electrons. The third kappa shape index (κ3) is 3.55. The van der Waals surface area contributed by atoms with E-state index in [0.29, 0.717) is 0 Å². The summed E-state index contributed by atoms with van der Waals surface area (Å²) in [6.07, 6.45) is 1.29. The average Bonchev–Trinajstić information content (AvgIpc) is 2.26. The summed E-state index contributed by atoms with van der Waals surface area (Å²) in [5.74, 6) is -0.979. The number of nitrogens with one attached hydrogen (secondary N) is 1. The predicted molar refractivity (Wildman–Crippen MR) is 53.6 cm³/mol. The number of amides is 1. The maximum absolute atomic E-state index is 11.3. The lowest BCUT2D eigenvalue weighted by Gasteiger charge is -2.02. The van der Waals surface area contributed by atoms with Crippen molar-refractivity contribution in [2.24, 2.45) is 0 Å². The van der Waals surface area contributed by atoms with Gasteiger partial charge in [0.05, 0.1) is 5.56 Å². The fraction of sp³-hybridized carbons (Fsp3) is 0.222. The van der Waals surface area contributed by atoms with Crippen LogP contribution in [-0.4, -0.2) is 30.5 Å². The van der Waals surface area contributed by atoms with Gasteiger partial charge in [-0.05, 0) is 12.1 Å².